The van der Waals surface area contributed by atoms with Gasteiger partial charge in [-0.05, 0) is 42.1 Å². The minimum absolute atomic E-state index is 0.209. The summed E-state index contributed by atoms with van der Waals surface area (Å²) in [6, 6.07) is 5.46. The van der Waals surface area contributed by atoms with Gasteiger partial charge in [0.2, 0.25) is 0 Å². The largest absolute Gasteiger partial charge is 0.472 e. The van der Waals surface area contributed by atoms with Crippen molar-refractivity contribution in [2.75, 3.05) is 19.6 Å². The predicted molar refractivity (Wildman–Crippen MR) is 83.9 cm³/mol. The highest BCUT2D eigenvalue weighted by Gasteiger charge is 2.23. The molecule has 0 amide bonds. The zero-order chi connectivity index (χ0) is 14.8. The average molecular weight is 309 g/mol. The molecule has 1 aliphatic heterocycles. The lowest BCUT2D eigenvalue weighted by molar-refractivity contribution is 0.0888. The van der Waals surface area contributed by atoms with Crippen LogP contribution in [0, 0.1) is 5.92 Å². The molecule has 1 fully saturated rings. The third kappa shape index (κ3) is 3.50. The average Bonchev–Trinajstić information content (AvgIpc) is 2.83. The van der Waals surface area contributed by atoms with Crippen LogP contribution < -0.4 is 4.74 Å². The maximum absolute atomic E-state index is 6.03. The number of benzene rings is 1. The van der Waals surface area contributed by atoms with E-state index in [1.165, 1.54) is 0 Å². The third-order valence-electron chi connectivity index (χ3n) is 3.84. The van der Waals surface area contributed by atoms with E-state index in [9.17, 15) is 0 Å². The summed E-state index contributed by atoms with van der Waals surface area (Å²) in [6.07, 6.45) is 2.27. The fraction of sp³-hybridized carbons (Fsp3) is 0.562. The van der Waals surface area contributed by atoms with E-state index in [1.54, 1.807) is 6.07 Å². The second kappa shape index (κ2) is 6.24. The van der Waals surface area contributed by atoms with Crippen molar-refractivity contribution in [2.45, 2.75) is 32.8 Å². The van der Waals surface area contributed by atoms with Gasteiger partial charge in [-0.15, -0.1) is 0 Å². The molecule has 0 spiro atoms. The quantitative estimate of drug-likeness (QED) is 0.856. The monoisotopic (exact) mass is 308 g/mol. The summed E-state index contributed by atoms with van der Waals surface area (Å²) in [5.41, 5.74) is 0.714. The number of nitrogens with zero attached hydrogens (tertiary/aromatic N) is 2. The fourth-order valence-corrected chi connectivity index (χ4v) is 3.03. The van der Waals surface area contributed by atoms with E-state index in [2.05, 4.69) is 23.9 Å². The SMILES string of the molecule is CC(C)CN1CCC(Oc2noc3ccc(Cl)cc23)CC1. The van der Waals surface area contributed by atoms with Crippen LogP contribution in [0.3, 0.4) is 0 Å². The van der Waals surface area contributed by atoms with Crippen molar-refractivity contribution in [3.05, 3.63) is 23.2 Å². The van der Waals surface area contributed by atoms with Crippen LogP contribution in [-0.2, 0) is 0 Å². The van der Waals surface area contributed by atoms with E-state index in [0.717, 1.165) is 37.9 Å². The maximum atomic E-state index is 6.03. The second-order valence-corrected chi connectivity index (χ2v) is 6.58. The molecule has 2 heterocycles. The van der Waals surface area contributed by atoms with Gasteiger partial charge in [0.25, 0.3) is 5.88 Å². The molecule has 0 saturated carbocycles. The summed E-state index contributed by atoms with van der Waals surface area (Å²) in [5, 5.41) is 5.55. The Balaban J connectivity index is 1.63. The van der Waals surface area contributed by atoms with Crippen LogP contribution in [0.25, 0.3) is 11.0 Å². The smallest absolute Gasteiger partial charge is 0.262 e. The van der Waals surface area contributed by atoms with Gasteiger partial charge in [-0.2, -0.15) is 0 Å². The molecule has 0 unspecified atom stereocenters. The van der Waals surface area contributed by atoms with E-state index in [4.69, 9.17) is 20.9 Å². The molecule has 5 heteroatoms. The van der Waals surface area contributed by atoms with Crippen molar-refractivity contribution in [3.63, 3.8) is 0 Å². The Morgan fingerprint density at radius 1 is 1.38 bits per heavy atom. The van der Waals surface area contributed by atoms with Crippen LogP contribution in [0.2, 0.25) is 5.02 Å². The lowest BCUT2D eigenvalue weighted by Gasteiger charge is -2.32. The normalized spacial score (nSPS) is 17.7. The Kier molecular flexibility index (Phi) is 4.36. The molecular formula is C16H21ClN2O2. The summed E-state index contributed by atoms with van der Waals surface area (Å²) in [6.45, 7) is 7.84. The van der Waals surface area contributed by atoms with Crippen LogP contribution in [0.5, 0.6) is 5.88 Å². The Hall–Kier alpha value is -1.26. The van der Waals surface area contributed by atoms with Crippen LogP contribution in [0.4, 0.5) is 0 Å². The number of fused-ring (bicyclic) bond motifs is 1. The first-order valence-corrected chi connectivity index (χ1v) is 7.93. The van der Waals surface area contributed by atoms with Gasteiger partial charge in [0, 0.05) is 24.7 Å². The van der Waals surface area contributed by atoms with Crippen molar-refractivity contribution in [3.8, 4) is 5.88 Å². The molecule has 1 aromatic heterocycles. The van der Waals surface area contributed by atoms with Gasteiger partial charge in [0.1, 0.15) is 6.10 Å². The standard InChI is InChI=1S/C16H21ClN2O2/c1-11(2)10-19-7-5-13(6-8-19)20-16-14-9-12(17)3-4-15(14)21-18-16/h3-4,9,11,13H,5-8,10H2,1-2H3. The van der Waals surface area contributed by atoms with Gasteiger partial charge in [0.15, 0.2) is 5.58 Å². The zero-order valence-corrected chi connectivity index (χ0v) is 13.3. The molecule has 0 aliphatic carbocycles. The van der Waals surface area contributed by atoms with E-state index >= 15 is 0 Å². The number of aromatic nitrogens is 1. The van der Waals surface area contributed by atoms with Crippen LogP contribution in [0.1, 0.15) is 26.7 Å². The molecule has 3 rings (SSSR count). The lowest BCUT2D eigenvalue weighted by atomic mass is 10.1. The van der Waals surface area contributed by atoms with E-state index < -0.39 is 0 Å². The van der Waals surface area contributed by atoms with Crippen molar-refractivity contribution < 1.29 is 9.26 Å². The summed E-state index contributed by atoms with van der Waals surface area (Å²) in [4.78, 5) is 2.50. The fourth-order valence-electron chi connectivity index (χ4n) is 2.86. The van der Waals surface area contributed by atoms with E-state index in [0.29, 0.717) is 22.4 Å². The molecule has 1 saturated heterocycles. The molecule has 1 aliphatic rings. The molecule has 1 aromatic carbocycles. The summed E-state index contributed by atoms with van der Waals surface area (Å²) in [7, 11) is 0. The molecule has 114 valence electrons. The van der Waals surface area contributed by atoms with Gasteiger partial charge in [0.05, 0.1) is 5.39 Å². The predicted octanol–water partition coefficient (Wildman–Crippen LogP) is 3.98. The highest BCUT2D eigenvalue weighted by Crippen LogP contribution is 2.29. The first kappa shape index (κ1) is 14.7. The molecule has 21 heavy (non-hydrogen) atoms. The summed E-state index contributed by atoms with van der Waals surface area (Å²) < 4.78 is 11.3. The van der Waals surface area contributed by atoms with Gasteiger partial charge in [-0.1, -0.05) is 25.4 Å². The first-order chi connectivity index (χ1) is 10.1. The van der Waals surface area contributed by atoms with Crippen LogP contribution >= 0.6 is 11.6 Å². The maximum Gasteiger partial charge on any atom is 0.262 e. The van der Waals surface area contributed by atoms with Crippen molar-refractivity contribution in [1.82, 2.24) is 10.1 Å². The lowest BCUT2D eigenvalue weighted by Crippen LogP contribution is -2.40. The van der Waals surface area contributed by atoms with Crippen LogP contribution in [-0.4, -0.2) is 35.8 Å². The Bertz CT molecular complexity index is 603. The van der Waals surface area contributed by atoms with E-state index in [-0.39, 0.29) is 6.10 Å². The number of ether oxygens (including phenoxy) is 1. The molecule has 4 nitrogen and oxygen atoms in total. The Labute approximate surface area is 130 Å². The number of rotatable bonds is 4. The Morgan fingerprint density at radius 2 is 2.14 bits per heavy atom. The number of halogens is 1. The van der Waals surface area contributed by atoms with Crippen LogP contribution in [0.15, 0.2) is 22.7 Å². The number of hydrogen-bond donors (Lipinski definition) is 0. The number of hydrogen-bond acceptors (Lipinski definition) is 4. The third-order valence-corrected chi connectivity index (χ3v) is 4.07. The molecule has 0 atom stereocenters. The highest BCUT2D eigenvalue weighted by atomic mass is 35.5. The van der Waals surface area contributed by atoms with Gasteiger partial charge < -0.3 is 14.2 Å². The number of likely N-dealkylation sites (tertiary alicyclic amines) is 1. The molecule has 0 N–H and O–H groups in total. The van der Waals surface area contributed by atoms with Gasteiger partial charge in [-0.25, -0.2) is 0 Å². The van der Waals surface area contributed by atoms with Crippen molar-refractivity contribution in [2.24, 2.45) is 5.92 Å². The Morgan fingerprint density at radius 3 is 2.86 bits per heavy atom. The summed E-state index contributed by atoms with van der Waals surface area (Å²) in [5.74, 6) is 1.28. The molecule has 0 radical (unpaired) electrons. The van der Waals surface area contributed by atoms with Crippen molar-refractivity contribution in [1.29, 1.82) is 0 Å². The van der Waals surface area contributed by atoms with Gasteiger partial charge in [-0.3, -0.25) is 0 Å². The first-order valence-electron chi connectivity index (χ1n) is 7.56. The zero-order valence-electron chi connectivity index (χ0n) is 12.5. The highest BCUT2D eigenvalue weighted by molar-refractivity contribution is 6.31. The van der Waals surface area contributed by atoms with Crippen molar-refractivity contribution >= 4 is 22.6 Å². The molecular weight excluding hydrogens is 288 g/mol. The molecule has 2 aromatic rings. The minimum atomic E-state index is 0.209. The second-order valence-electron chi connectivity index (χ2n) is 6.14. The van der Waals surface area contributed by atoms with Gasteiger partial charge >= 0.3 is 0 Å². The number of piperidine rings is 1. The topological polar surface area (TPSA) is 38.5 Å². The minimum Gasteiger partial charge on any atom is -0.472 e. The summed E-state index contributed by atoms with van der Waals surface area (Å²) >= 11 is 6.03. The molecule has 0 bridgehead atoms. The van der Waals surface area contributed by atoms with E-state index in [1.807, 2.05) is 12.1 Å².